The van der Waals surface area contributed by atoms with Crippen LogP contribution in [0.5, 0.6) is 0 Å². The second-order valence-electron chi connectivity index (χ2n) is 3.00. The van der Waals surface area contributed by atoms with Gasteiger partial charge in [0.2, 0.25) is 0 Å². The van der Waals surface area contributed by atoms with Gasteiger partial charge in [0.05, 0.1) is 12.2 Å². The molecule has 0 spiro atoms. The van der Waals surface area contributed by atoms with Gasteiger partial charge in [0.1, 0.15) is 0 Å². The van der Waals surface area contributed by atoms with Gasteiger partial charge in [-0.15, -0.1) is 0 Å². The molecule has 10 heavy (non-hydrogen) atoms. The van der Waals surface area contributed by atoms with Gasteiger partial charge in [-0.2, -0.15) is 0 Å². The monoisotopic (exact) mass is 146 g/mol. The molecule has 0 atom stereocenters. The molecule has 0 rings (SSSR count). The van der Waals surface area contributed by atoms with E-state index in [1.54, 1.807) is 0 Å². The minimum absolute atomic E-state index is 0.120. The van der Waals surface area contributed by atoms with Crippen molar-refractivity contribution in [2.24, 2.45) is 0 Å². The summed E-state index contributed by atoms with van der Waals surface area (Å²) in [5.74, 6) is 0. The summed E-state index contributed by atoms with van der Waals surface area (Å²) in [5, 5.41) is 0. The molecule has 0 aliphatic carbocycles. The molecule has 0 aliphatic rings. The minimum atomic E-state index is -0.120. The van der Waals surface area contributed by atoms with Crippen molar-refractivity contribution in [1.29, 1.82) is 0 Å². The Morgan fingerprint density at radius 3 is 2.20 bits per heavy atom. The van der Waals surface area contributed by atoms with Gasteiger partial charge in [-0.25, -0.2) is 9.78 Å². The van der Waals surface area contributed by atoms with Gasteiger partial charge < -0.3 is 0 Å². The fourth-order valence-electron chi connectivity index (χ4n) is 0.862. The predicted molar refractivity (Wildman–Crippen MR) is 41.7 cm³/mol. The molecule has 0 bridgehead atoms. The van der Waals surface area contributed by atoms with Crippen LogP contribution in [0.25, 0.3) is 0 Å². The van der Waals surface area contributed by atoms with Crippen LogP contribution in [0.4, 0.5) is 0 Å². The normalized spacial score (nSPS) is 12.0. The van der Waals surface area contributed by atoms with Crippen LogP contribution in [0.1, 0.15) is 40.5 Å². The molecule has 0 saturated carbocycles. The Morgan fingerprint density at radius 2 is 1.80 bits per heavy atom. The Hall–Kier alpha value is -0.0800. The average molecular weight is 146 g/mol. The van der Waals surface area contributed by atoms with Crippen molar-refractivity contribution < 1.29 is 9.78 Å². The fraction of sp³-hybridized carbons (Fsp3) is 1.00. The van der Waals surface area contributed by atoms with Gasteiger partial charge in [-0.05, 0) is 27.2 Å². The Bertz CT molecular complexity index is 79.3. The lowest BCUT2D eigenvalue weighted by Crippen LogP contribution is -2.24. The van der Waals surface area contributed by atoms with E-state index in [1.165, 1.54) is 0 Å². The molecule has 0 unspecified atom stereocenters. The molecule has 0 heterocycles. The lowest BCUT2D eigenvalue weighted by Gasteiger charge is -2.22. The number of hydrogen-bond donors (Lipinski definition) is 0. The van der Waals surface area contributed by atoms with Crippen molar-refractivity contribution in [2.45, 2.75) is 46.1 Å². The van der Waals surface area contributed by atoms with Crippen LogP contribution in [0.2, 0.25) is 0 Å². The van der Waals surface area contributed by atoms with E-state index in [2.05, 4.69) is 6.92 Å². The van der Waals surface area contributed by atoms with Crippen molar-refractivity contribution in [1.82, 2.24) is 0 Å². The van der Waals surface area contributed by atoms with E-state index in [0.717, 1.165) is 12.8 Å². The first kappa shape index (κ1) is 9.92. The van der Waals surface area contributed by atoms with Crippen LogP contribution < -0.4 is 0 Å². The first-order chi connectivity index (χ1) is 4.62. The van der Waals surface area contributed by atoms with Crippen molar-refractivity contribution in [3.8, 4) is 0 Å². The second kappa shape index (κ2) is 4.69. The van der Waals surface area contributed by atoms with E-state index >= 15 is 0 Å². The molecule has 0 aromatic rings. The highest BCUT2D eigenvalue weighted by Crippen LogP contribution is 2.16. The zero-order chi connectivity index (χ0) is 8.04. The number of hydrogen-bond acceptors (Lipinski definition) is 2. The van der Waals surface area contributed by atoms with Crippen LogP contribution in [0.3, 0.4) is 0 Å². The van der Waals surface area contributed by atoms with Crippen LogP contribution in [0, 0.1) is 0 Å². The summed E-state index contributed by atoms with van der Waals surface area (Å²) in [7, 11) is 0. The predicted octanol–water partition coefficient (Wildman–Crippen LogP) is 2.53. The van der Waals surface area contributed by atoms with E-state index < -0.39 is 0 Å². The van der Waals surface area contributed by atoms with Crippen LogP contribution in [-0.2, 0) is 9.78 Å². The van der Waals surface area contributed by atoms with Gasteiger partial charge in [0.25, 0.3) is 0 Å². The summed E-state index contributed by atoms with van der Waals surface area (Å²) in [5.41, 5.74) is -0.120. The summed E-state index contributed by atoms with van der Waals surface area (Å²) in [6, 6.07) is 0. The van der Waals surface area contributed by atoms with E-state index in [9.17, 15) is 0 Å². The first-order valence-corrected chi connectivity index (χ1v) is 3.93. The van der Waals surface area contributed by atoms with Crippen molar-refractivity contribution in [3.05, 3.63) is 0 Å². The maximum absolute atomic E-state index is 5.12. The molecule has 0 aromatic heterocycles. The van der Waals surface area contributed by atoms with Gasteiger partial charge in [0.15, 0.2) is 0 Å². The molecule has 0 fully saturated rings. The Kier molecular flexibility index (Phi) is 4.65. The third-order valence-corrected chi connectivity index (χ3v) is 1.25. The van der Waals surface area contributed by atoms with E-state index in [-0.39, 0.29) is 5.60 Å². The van der Waals surface area contributed by atoms with Crippen LogP contribution in [-0.4, -0.2) is 12.2 Å². The van der Waals surface area contributed by atoms with E-state index in [0.29, 0.717) is 6.61 Å². The molecule has 0 N–H and O–H groups in total. The highest BCUT2D eigenvalue weighted by molar-refractivity contribution is 4.64. The average Bonchev–Trinajstić information content (AvgIpc) is 1.84. The Balaban J connectivity index is 3.42. The molecule has 2 heteroatoms. The highest BCUT2D eigenvalue weighted by Gasteiger charge is 2.17. The first-order valence-electron chi connectivity index (χ1n) is 3.93. The lowest BCUT2D eigenvalue weighted by atomic mass is 10.0. The van der Waals surface area contributed by atoms with Crippen molar-refractivity contribution >= 4 is 0 Å². The molecule has 0 radical (unpaired) electrons. The van der Waals surface area contributed by atoms with E-state index in [1.807, 2.05) is 20.8 Å². The fourth-order valence-corrected chi connectivity index (χ4v) is 0.862. The topological polar surface area (TPSA) is 18.5 Å². The number of rotatable bonds is 5. The Morgan fingerprint density at radius 1 is 1.20 bits per heavy atom. The molecular weight excluding hydrogens is 128 g/mol. The van der Waals surface area contributed by atoms with Gasteiger partial charge in [-0.1, -0.05) is 13.3 Å². The smallest absolute Gasteiger partial charge is 0.0980 e. The maximum atomic E-state index is 5.12. The molecular formula is C8H18O2. The van der Waals surface area contributed by atoms with Crippen molar-refractivity contribution in [3.63, 3.8) is 0 Å². The summed E-state index contributed by atoms with van der Waals surface area (Å²) in [6.45, 7) is 8.74. The summed E-state index contributed by atoms with van der Waals surface area (Å²) in [6.07, 6.45) is 2.16. The quantitative estimate of drug-likeness (QED) is 0.438. The van der Waals surface area contributed by atoms with Gasteiger partial charge >= 0.3 is 0 Å². The largest absolute Gasteiger partial charge is 0.236 e. The van der Waals surface area contributed by atoms with Crippen molar-refractivity contribution in [2.75, 3.05) is 6.61 Å². The second-order valence-corrected chi connectivity index (χ2v) is 3.00. The minimum Gasteiger partial charge on any atom is -0.236 e. The highest BCUT2D eigenvalue weighted by atomic mass is 17.2. The van der Waals surface area contributed by atoms with E-state index in [4.69, 9.17) is 9.78 Å². The summed E-state index contributed by atoms with van der Waals surface area (Å²) in [4.78, 5) is 9.97. The maximum Gasteiger partial charge on any atom is 0.0980 e. The molecule has 0 aromatic carbocycles. The van der Waals surface area contributed by atoms with Gasteiger partial charge in [-0.3, -0.25) is 0 Å². The summed E-state index contributed by atoms with van der Waals surface area (Å²) < 4.78 is 0. The molecule has 0 aliphatic heterocycles. The molecule has 0 saturated heterocycles. The lowest BCUT2D eigenvalue weighted by molar-refractivity contribution is -0.351. The van der Waals surface area contributed by atoms with Crippen LogP contribution >= 0.6 is 0 Å². The zero-order valence-electron chi connectivity index (χ0n) is 7.44. The SMILES string of the molecule is CCCC(C)(C)OOCC. The standard InChI is InChI=1S/C8H18O2/c1-5-7-8(3,4)10-9-6-2/h5-7H2,1-4H3. The molecule has 0 amide bonds. The van der Waals surface area contributed by atoms with Gasteiger partial charge in [0, 0.05) is 0 Å². The molecule has 62 valence electrons. The Labute approximate surface area is 63.5 Å². The van der Waals surface area contributed by atoms with Crippen LogP contribution in [0.15, 0.2) is 0 Å². The molecule has 2 nitrogen and oxygen atoms in total. The third-order valence-electron chi connectivity index (χ3n) is 1.25. The zero-order valence-corrected chi connectivity index (χ0v) is 7.44. The third kappa shape index (κ3) is 4.77. The summed E-state index contributed by atoms with van der Waals surface area (Å²) >= 11 is 0.